The smallest absolute Gasteiger partial charge is 0.149 e. The van der Waals surface area contributed by atoms with Crippen molar-refractivity contribution >= 4 is 28.3 Å². The van der Waals surface area contributed by atoms with Gasteiger partial charge in [0.1, 0.15) is 5.82 Å². The molecule has 0 spiro atoms. The molecule has 0 fully saturated rings. The van der Waals surface area contributed by atoms with Crippen LogP contribution in [0.1, 0.15) is 17.7 Å². The molecule has 3 aromatic rings. The molecule has 0 atom stereocenters. The van der Waals surface area contributed by atoms with E-state index in [1.807, 2.05) is 28.9 Å². The highest BCUT2D eigenvalue weighted by Gasteiger charge is 2.22. The number of hydrogen-bond acceptors (Lipinski definition) is 3. The number of hydrogen-bond donors (Lipinski definition) is 1. The summed E-state index contributed by atoms with van der Waals surface area (Å²) >= 11 is 6.24. The van der Waals surface area contributed by atoms with Crippen LogP contribution in [0.3, 0.4) is 0 Å². The number of nitrogens with zero attached hydrogens (tertiary/aromatic N) is 3. The van der Waals surface area contributed by atoms with E-state index in [0.717, 1.165) is 35.9 Å². The molecule has 5 heteroatoms. The van der Waals surface area contributed by atoms with Gasteiger partial charge in [-0.25, -0.2) is 4.68 Å². The maximum Gasteiger partial charge on any atom is 0.149 e. The number of benzene rings is 1. The van der Waals surface area contributed by atoms with Crippen LogP contribution in [0, 0.1) is 0 Å². The molecular formula is C15H13ClN4. The predicted molar refractivity (Wildman–Crippen MR) is 80.3 cm³/mol. The molecule has 0 radical (unpaired) electrons. The van der Waals surface area contributed by atoms with E-state index in [2.05, 4.69) is 10.1 Å². The highest BCUT2D eigenvalue weighted by molar-refractivity contribution is 6.35. The van der Waals surface area contributed by atoms with E-state index >= 15 is 0 Å². The number of nitrogen functional groups attached to an aromatic ring is 1. The molecule has 4 nitrogen and oxygen atoms in total. The summed E-state index contributed by atoms with van der Waals surface area (Å²) < 4.78 is 1.93. The van der Waals surface area contributed by atoms with Crippen molar-refractivity contribution in [3.8, 4) is 5.69 Å². The van der Waals surface area contributed by atoms with Crippen LogP contribution in [0.2, 0.25) is 5.02 Å². The second kappa shape index (κ2) is 4.21. The van der Waals surface area contributed by atoms with E-state index < -0.39 is 0 Å². The fourth-order valence-electron chi connectivity index (χ4n) is 2.96. The van der Waals surface area contributed by atoms with Gasteiger partial charge in [0.05, 0.1) is 16.2 Å². The van der Waals surface area contributed by atoms with Gasteiger partial charge in [0.2, 0.25) is 0 Å². The molecule has 20 heavy (non-hydrogen) atoms. The molecule has 1 aliphatic rings. The first-order chi connectivity index (χ1) is 9.75. The van der Waals surface area contributed by atoms with Gasteiger partial charge in [-0.15, -0.1) is 0 Å². The maximum absolute atomic E-state index is 6.24. The summed E-state index contributed by atoms with van der Waals surface area (Å²) in [5.74, 6) is 0.636. The highest BCUT2D eigenvalue weighted by atomic mass is 35.5. The lowest BCUT2D eigenvalue weighted by Gasteiger charge is -2.09. The van der Waals surface area contributed by atoms with Crippen molar-refractivity contribution in [2.45, 2.75) is 19.3 Å². The number of aromatic nitrogens is 3. The first kappa shape index (κ1) is 11.7. The third kappa shape index (κ3) is 1.55. The average molecular weight is 285 g/mol. The van der Waals surface area contributed by atoms with Gasteiger partial charge in [-0.05, 0) is 43.5 Å². The fraction of sp³-hybridized carbons (Fsp3) is 0.200. The first-order valence-corrected chi connectivity index (χ1v) is 7.03. The molecule has 2 N–H and O–H groups in total. The summed E-state index contributed by atoms with van der Waals surface area (Å²) in [4.78, 5) is 4.47. The van der Waals surface area contributed by atoms with Crippen molar-refractivity contribution in [2.75, 3.05) is 5.73 Å². The van der Waals surface area contributed by atoms with Crippen molar-refractivity contribution in [1.29, 1.82) is 0 Å². The Kier molecular flexibility index (Phi) is 2.47. The Morgan fingerprint density at radius 1 is 1.20 bits per heavy atom. The molecule has 2 aromatic heterocycles. The van der Waals surface area contributed by atoms with Crippen molar-refractivity contribution in [1.82, 2.24) is 14.8 Å². The number of rotatable bonds is 1. The normalized spacial score (nSPS) is 13.8. The van der Waals surface area contributed by atoms with Gasteiger partial charge in [0.15, 0.2) is 0 Å². The van der Waals surface area contributed by atoms with Crippen LogP contribution >= 0.6 is 11.6 Å². The zero-order valence-electron chi connectivity index (χ0n) is 10.8. The fourth-order valence-corrected chi connectivity index (χ4v) is 3.17. The molecule has 0 unspecified atom stereocenters. The SMILES string of the molecule is Nc1nn(-c2ccc(Cl)c3cccnc23)c2c1CCC2. The van der Waals surface area contributed by atoms with Crippen LogP contribution in [-0.4, -0.2) is 14.8 Å². The molecule has 4 rings (SSSR count). The first-order valence-electron chi connectivity index (χ1n) is 6.65. The Morgan fingerprint density at radius 3 is 3.00 bits per heavy atom. The largest absolute Gasteiger partial charge is 0.382 e. The van der Waals surface area contributed by atoms with E-state index in [9.17, 15) is 0 Å². The Hall–Kier alpha value is -2.07. The molecule has 0 saturated heterocycles. The molecule has 0 aliphatic heterocycles. The molecule has 2 heterocycles. The van der Waals surface area contributed by atoms with E-state index in [4.69, 9.17) is 17.3 Å². The molecule has 0 amide bonds. The lowest BCUT2D eigenvalue weighted by atomic mass is 10.2. The van der Waals surface area contributed by atoms with Crippen LogP contribution in [0.4, 0.5) is 5.82 Å². The minimum Gasteiger partial charge on any atom is -0.382 e. The standard InChI is InChI=1S/C15H13ClN4/c16-11-6-7-13(14-9(11)4-2-8-18-14)20-12-5-1-3-10(12)15(17)19-20/h2,4,6-8H,1,3,5H2,(H2,17,19). The van der Waals surface area contributed by atoms with E-state index in [0.29, 0.717) is 10.8 Å². The summed E-state index contributed by atoms with van der Waals surface area (Å²) in [6.07, 6.45) is 4.93. The number of fused-ring (bicyclic) bond motifs is 2. The van der Waals surface area contributed by atoms with Crippen molar-refractivity contribution in [3.05, 3.63) is 46.7 Å². The molecular weight excluding hydrogens is 272 g/mol. The zero-order chi connectivity index (χ0) is 13.7. The van der Waals surface area contributed by atoms with Crippen molar-refractivity contribution < 1.29 is 0 Å². The minimum atomic E-state index is 0.636. The topological polar surface area (TPSA) is 56.7 Å². The van der Waals surface area contributed by atoms with Gasteiger partial charge in [0.25, 0.3) is 0 Å². The third-order valence-electron chi connectivity index (χ3n) is 3.88. The number of pyridine rings is 1. The van der Waals surface area contributed by atoms with Gasteiger partial charge in [-0.2, -0.15) is 5.10 Å². The van der Waals surface area contributed by atoms with Crippen LogP contribution < -0.4 is 5.73 Å². The quantitative estimate of drug-likeness (QED) is 0.747. The molecule has 0 bridgehead atoms. The lowest BCUT2D eigenvalue weighted by molar-refractivity contribution is 0.791. The second-order valence-electron chi connectivity index (χ2n) is 5.04. The van der Waals surface area contributed by atoms with Crippen molar-refractivity contribution in [3.63, 3.8) is 0 Å². The Labute approximate surface area is 121 Å². The number of nitrogens with two attached hydrogens (primary N) is 1. The summed E-state index contributed by atoms with van der Waals surface area (Å²) in [6.45, 7) is 0. The van der Waals surface area contributed by atoms with Crippen LogP contribution in [-0.2, 0) is 12.8 Å². The molecule has 100 valence electrons. The summed E-state index contributed by atoms with van der Waals surface area (Å²) in [5, 5.41) is 6.13. The summed E-state index contributed by atoms with van der Waals surface area (Å²) in [5.41, 5.74) is 10.2. The highest BCUT2D eigenvalue weighted by Crippen LogP contribution is 2.32. The van der Waals surface area contributed by atoms with Gasteiger partial charge in [0, 0.05) is 22.8 Å². The predicted octanol–water partition coefficient (Wildman–Crippen LogP) is 3.14. The third-order valence-corrected chi connectivity index (χ3v) is 4.21. The number of anilines is 1. The monoisotopic (exact) mass is 284 g/mol. The molecule has 1 aliphatic carbocycles. The summed E-state index contributed by atoms with van der Waals surface area (Å²) in [6, 6.07) is 7.71. The van der Waals surface area contributed by atoms with Crippen LogP contribution in [0.25, 0.3) is 16.6 Å². The van der Waals surface area contributed by atoms with E-state index in [1.165, 1.54) is 11.3 Å². The Morgan fingerprint density at radius 2 is 2.10 bits per heavy atom. The zero-order valence-corrected chi connectivity index (χ0v) is 11.6. The lowest BCUT2D eigenvalue weighted by Crippen LogP contribution is -2.03. The Balaban J connectivity index is 2.05. The van der Waals surface area contributed by atoms with Crippen LogP contribution in [0.5, 0.6) is 0 Å². The minimum absolute atomic E-state index is 0.636. The van der Waals surface area contributed by atoms with E-state index in [1.54, 1.807) is 6.20 Å². The number of halogens is 1. The van der Waals surface area contributed by atoms with Gasteiger partial charge >= 0.3 is 0 Å². The van der Waals surface area contributed by atoms with Gasteiger partial charge in [-0.3, -0.25) is 4.98 Å². The Bertz CT molecular complexity index is 822. The van der Waals surface area contributed by atoms with E-state index in [-0.39, 0.29) is 0 Å². The van der Waals surface area contributed by atoms with Crippen molar-refractivity contribution in [2.24, 2.45) is 0 Å². The molecule has 1 aromatic carbocycles. The summed E-state index contributed by atoms with van der Waals surface area (Å²) in [7, 11) is 0. The molecule has 0 saturated carbocycles. The average Bonchev–Trinajstić information content (AvgIpc) is 3.05. The van der Waals surface area contributed by atoms with Gasteiger partial charge in [-0.1, -0.05) is 11.6 Å². The second-order valence-corrected chi connectivity index (χ2v) is 5.45. The van der Waals surface area contributed by atoms with Gasteiger partial charge < -0.3 is 5.73 Å². The maximum atomic E-state index is 6.24. The van der Waals surface area contributed by atoms with Crippen LogP contribution in [0.15, 0.2) is 30.5 Å².